The molecule has 3 N–H and O–H groups in total. The van der Waals surface area contributed by atoms with Gasteiger partial charge < -0.3 is 16.0 Å². The molecule has 4 rings (SSSR count). The summed E-state index contributed by atoms with van der Waals surface area (Å²) in [7, 11) is 0. The summed E-state index contributed by atoms with van der Waals surface area (Å²) < 4.78 is 14.6. The van der Waals surface area contributed by atoms with Crippen molar-refractivity contribution in [2.75, 3.05) is 11.9 Å². The van der Waals surface area contributed by atoms with Crippen LogP contribution in [-0.2, 0) is 0 Å². The van der Waals surface area contributed by atoms with Gasteiger partial charge in [-0.1, -0.05) is 55.8 Å². The number of anilines is 1. The highest BCUT2D eigenvalue weighted by molar-refractivity contribution is 6.34. The van der Waals surface area contributed by atoms with Crippen molar-refractivity contribution in [1.29, 1.82) is 0 Å². The van der Waals surface area contributed by atoms with Crippen molar-refractivity contribution in [3.05, 3.63) is 81.3 Å². The Morgan fingerprint density at radius 2 is 2.06 bits per heavy atom. The lowest BCUT2D eigenvalue weighted by Crippen LogP contribution is -2.35. The maximum Gasteiger partial charge on any atom is 0.151 e. The number of aliphatic imine (C=N–C) groups is 1. The fourth-order valence-corrected chi connectivity index (χ4v) is 5.00. The first-order chi connectivity index (χ1) is 16.9. The number of benzene rings is 2. The number of carbonyl (C=O) groups is 1. The first-order valence-corrected chi connectivity index (χ1v) is 12.6. The van der Waals surface area contributed by atoms with Crippen LogP contribution in [0.15, 0.2) is 53.2 Å². The van der Waals surface area contributed by atoms with Crippen molar-refractivity contribution in [2.24, 2.45) is 4.99 Å². The molecule has 0 saturated heterocycles. The van der Waals surface area contributed by atoms with Crippen molar-refractivity contribution in [1.82, 2.24) is 10.6 Å². The average molecular weight is 495 g/mol. The van der Waals surface area contributed by atoms with E-state index in [2.05, 4.69) is 22.5 Å². The van der Waals surface area contributed by atoms with Crippen molar-refractivity contribution >= 4 is 35.1 Å². The van der Waals surface area contributed by atoms with Gasteiger partial charge in [-0.05, 0) is 50.7 Å². The van der Waals surface area contributed by atoms with Crippen LogP contribution in [-0.4, -0.2) is 18.7 Å². The second kappa shape index (κ2) is 11.1. The molecule has 1 heterocycles. The summed E-state index contributed by atoms with van der Waals surface area (Å²) in [6.45, 7) is 8.79. The van der Waals surface area contributed by atoms with E-state index in [-0.39, 0.29) is 5.82 Å². The summed E-state index contributed by atoms with van der Waals surface area (Å²) in [4.78, 5) is 16.6. The number of rotatable bonds is 7. The molecule has 35 heavy (non-hydrogen) atoms. The molecule has 0 bridgehead atoms. The number of amidine groups is 1. The molecule has 0 fully saturated rings. The molecule has 2 aromatic carbocycles. The van der Waals surface area contributed by atoms with Crippen LogP contribution in [0, 0.1) is 12.7 Å². The van der Waals surface area contributed by atoms with Crippen LogP contribution < -0.4 is 16.0 Å². The van der Waals surface area contributed by atoms with Crippen molar-refractivity contribution in [3.63, 3.8) is 0 Å². The van der Waals surface area contributed by atoms with Crippen molar-refractivity contribution in [2.45, 2.75) is 58.5 Å². The van der Waals surface area contributed by atoms with Crippen LogP contribution >= 0.6 is 11.6 Å². The van der Waals surface area contributed by atoms with Crippen LogP contribution in [0.2, 0.25) is 5.02 Å². The Hall–Kier alpha value is -3.12. The summed E-state index contributed by atoms with van der Waals surface area (Å²) in [6, 6.07) is 8.79. The Labute approximate surface area is 211 Å². The second-order valence-electron chi connectivity index (χ2n) is 9.05. The first-order valence-electron chi connectivity index (χ1n) is 12.2. The van der Waals surface area contributed by atoms with E-state index in [9.17, 15) is 9.18 Å². The number of nitrogens with one attached hydrogen (secondary N) is 3. The third-order valence-corrected chi connectivity index (χ3v) is 6.99. The Kier molecular flexibility index (Phi) is 7.91. The zero-order chi connectivity index (χ0) is 24.9. The van der Waals surface area contributed by atoms with E-state index >= 15 is 0 Å². The molecule has 1 atom stereocenters. The number of nitrogens with zero attached hydrogens (tertiary/aromatic N) is 1. The highest BCUT2D eigenvalue weighted by Gasteiger charge is 2.28. The van der Waals surface area contributed by atoms with E-state index in [0.29, 0.717) is 39.9 Å². The summed E-state index contributed by atoms with van der Waals surface area (Å²) in [5.74, 6) is 0.400. The van der Waals surface area contributed by atoms with Gasteiger partial charge in [-0.15, -0.1) is 0 Å². The topological polar surface area (TPSA) is 65.5 Å². The van der Waals surface area contributed by atoms with Gasteiger partial charge in [-0.3, -0.25) is 4.79 Å². The zero-order valence-corrected chi connectivity index (χ0v) is 21.1. The van der Waals surface area contributed by atoms with Gasteiger partial charge in [0, 0.05) is 40.2 Å². The minimum Gasteiger partial charge on any atom is -0.382 e. The SMILES string of the molecule is C=C(NC1=NC(c2ccc(C)c(C=O)c2Cl)NC2=C1CCCCC2)c1cccc(F)c1NCCC. The average Bonchev–Trinajstić information content (AvgIpc) is 3.09. The highest BCUT2D eigenvalue weighted by atomic mass is 35.5. The molecule has 0 saturated carbocycles. The fraction of sp³-hybridized carbons (Fsp3) is 0.357. The number of aldehydes is 1. The molecule has 5 nitrogen and oxygen atoms in total. The fourth-order valence-electron chi connectivity index (χ4n) is 4.64. The van der Waals surface area contributed by atoms with E-state index < -0.39 is 6.17 Å². The van der Waals surface area contributed by atoms with Gasteiger partial charge in [0.15, 0.2) is 6.29 Å². The predicted molar refractivity (Wildman–Crippen MR) is 142 cm³/mol. The number of aryl methyl sites for hydroxylation is 1. The molecule has 2 aliphatic rings. The number of halogens is 2. The summed E-state index contributed by atoms with van der Waals surface area (Å²) >= 11 is 6.65. The smallest absolute Gasteiger partial charge is 0.151 e. The predicted octanol–water partition coefficient (Wildman–Crippen LogP) is 6.90. The van der Waals surface area contributed by atoms with E-state index in [1.165, 1.54) is 6.07 Å². The van der Waals surface area contributed by atoms with Crippen LogP contribution in [0.1, 0.15) is 78.7 Å². The Morgan fingerprint density at radius 1 is 1.26 bits per heavy atom. The molecule has 184 valence electrons. The lowest BCUT2D eigenvalue weighted by atomic mass is 10.00. The molecule has 0 radical (unpaired) electrons. The minimum atomic E-state index is -0.445. The van der Waals surface area contributed by atoms with Gasteiger partial charge in [0.05, 0.1) is 10.7 Å². The van der Waals surface area contributed by atoms with Crippen LogP contribution in [0.5, 0.6) is 0 Å². The monoisotopic (exact) mass is 494 g/mol. The largest absolute Gasteiger partial charge is 0.382 e. The quantitative estimate of drug-likeness (QED) is 0.366. The van der Waals surface area contributed by atoms with Gasteiger partial charge in [-0.2, -0.15) is 0 Å². The summed E-state index contributed by atoms with van der Waals surface area (Å²) in [5.41, 5.74) is 5.98. The molecule has 7 heteroatoms. The van der Waals surface area contributed by atoms with Gasteiger partial charge in [0.1, 0.15) is 17.8 Å². The Morgan fingerprint density at radius 3 is 2.83 bits per heavy atom. The third kappa shape index (κ3) is 5.27. The first kappa shape index (κ1) is 25.0. The van der Waals surface area contributed by atoms with E-state index in [4.69, 9.17) is 16.6 Å². The number of hydrogen-bond acceptors (Lipinski definition) is 5. The summed E-state index contributed by atoms with van der Waals surface area (Å²) in [6.07, 6.45) is 6.32. The summed E-state index contributed by atoms with van der Waals surface area (Å²) in [5, 5.41) is 10.6. The molecular formula is C28H32ClFN4O. The maximum absolute atomic E-state index is 14.6. The van der Waals surface area contributed by atoms with Gasteiger partial charge in [0.2, 0.25) is 0 Å². The minimum absolute atomic E-state index is 0.314. The number of hydrogen-bond donors (Lipinski definition) is 3. The van der Waals surface area contributed by atoms with Crippen LogP contribution in [0.25, 0.3) is 5.70 Å². The van der Waals surface area contributed by atoms with Gasteiger partial charge >= 0.3 is 0 Å². The van der Waals surface area contributed by atoms with E-state index in [1.807, 2.05) is 32.0 Å². The molecule has 0 amide bonds. The van der Waals surface area contributed by atoms with E-state index in [1.54, 1.807) is 6.07 Å². The molecule has 1 aliphatic carbocycles. The molecule has 2 aromatic rings. The Bertz CT molecular complexity index is 1200. The van der Waals surface area contributed by atoms with Crippen molar-refractivity contribution in [3.8, 4) is 0 Å². The number of allylic oxidation sites excluding steroid dienone is 1. The highest BCUT2D eigenvalue weighted by Crippen LogP contribution is 2.35. The zero-order valence-electron chi connectivity index (χ0n) is 20.3. The maximum atomic E-state index is 14.6. The van der Waals surface area contributed by atoms with Gasteiger partial charge in [0.25, 0.3) is 0 Å². The molecule has 0 spiro atoms. The lowest BCUT2D eigenvalue weighted by Gasteiger charge is -2.30. The number of carbonyl (C=O) groups excluding carboxylic acids is 1. The van der Waals surface area contributed by atoms with E-state index in [0.717, 1.165) is 67.2 Å². The molecule has 1 aliphatic heterocycles. The lowest BCUT2D eigenvalue weighted by molar-refractivity contribution is 0.112. The second-order valence-corrected chi connectivity index (χ2v) is 9.43. The van der Waals surface area contributed by atoms with Gasteiger partial charge in [-0.25, -0.2) is 9.38 Å². The normalized spacial score (nSPS) is 17.6. The van der Waals surface area contributed by atoms with Crippen LogP contribution in [0.4, 0.5) is 10.1 Å². The molecule has 1 unspecified atom stereocenters. The molecular weight excluding hydrogens is 463 g/mol. The third-order valence-electron chi connectivity index (χ3n) is 6.57. The molecule has 0 aromatic heterocycles. The Balaban J connectivity index is 1.72. The standard InChI is InChI=1S/C28H32ClFN4O/c1-4-15-31-26-19(10-8-11-23(26)30)18(3)32-27-20-9-6-5-7-12-24(20)33-28(34-27)21-14-13-17(2)22(16-35)25(21)29/h8,10-11,13-14,16,28,31,33H,3-7,9,12,15H2,1-2H3,(H,32,34). The van der Waals surface area contributed by atoms with Crippen LogP contribution in [0.3, 0.4) is 0 Å². The number of para-hydroxylation sites is 1. The van der Waals surface area contributed by atoms with Crippen molar-refractivity contribution < 1.29 is 9.18 Å².